The lowest BCUT2D eigenvalue weighted by atomic mass is 10.2. The maximum absolute atomic E-state index is 11.9. The van der Waals surface area contributed by atoms with E-state index in [9.17, 15) is 14.7 Å². The van der Waals surface area contributed by atoms with Gasteiger partial charge in [-0.1, -0.05) is 0 Å². The molecule has 0 aliphatic heterocycles. The van der Waals surface area contributed by atoms with E-state index in [0.29, 0.717) is 17.9 Å². The molecule has 23 heavy (non-hydrogen) atoms. The third-order valence-electron chi connectivity index (χ3n) is 2.88. The molecule has 2 rings (SSSR count). The molecule has 0 radical (unpaired) electrons. The number of benzene rings is 1. The number of amides is 2. The first-order valence-corrected chi connectivity index (χ1v) is 7.05. The summed E-state index contributed by atoms with van der Waals surface area (Å²) in [5.41, 5.74) is 0.418. The second kappa shape index (κ2) is 7.79. The third-order valence-corrected chi connectivity index (χ3v) is 2.88. The van der Waals surface area contributed by atoms with Gasteiger partial charge in [0, 0.05) is 11.8 Å². The zero-order valence-corrected chi connectivity index (χ0v) is 12.6. The SMILES string of the molecule is CCOc1ccc(C(=O)NCC(=O)Nc2ncccc2O)cc1. The predicted molar refractivity (Wildman–Crippen MR) is 84.5 cm³/mol. The summed E-state index contributed by atoms with van der Waals surface area (Å²) in [6, 6.07) is 9.54. The number of ether oxygens (including phenoxy) is 1. The van der Waals surface area contributed by atoms with Crippen molar-refractivity contribution in [1.29, 1.82) is 0 Å². The molecular weight excluding hydrogens is 298 g/mol. The summed E-state index contributed by atoms with van der Waals surface area (Å²) >= 11 is 0. The van der Waals surface area contributed by atoms with E-state index in [1.54, 1.807) is 30.3 Å². The Hall–Kier alpha value is -3.09. The molecule has 0 saturated carbocycles. The highest BCUT2D eigenvalue weighted by Crippen LogP contribution is 2.17. The van der Waals surface area contributed by atoms with Gasteiger partial charge in [-0.3, -0.25) is 9.59 Å². The van der Waals surface area contributed by atoms with Crippen molar-refractivity contribution in [3.05, 3.63) is 48.2 Å². The molecule has 1 aromatic carbocycles. The largest absolute Gasteiger partial charge is 0.504 e. The van der Waals surface area contributed by atoms with Crippen molar-refractivity contribution in [2.75, 3.05) is 18.5 Å². The lowest BCUT2D eigenvalue weighted by Crippen LogP contribution is -2.33. The first-order chi connectivity index (χ1) is 11.1. The Kier molecular flexibility index (Phi) is 5.51. The molecule has 0 aliphatic rings. The number of aromatic hydroxyl groups is 1. The van der Waals surface area contributed by atoms with Crippen LogP contribution in [-0.2, 0) is 4.79 Å². The summed E-state index contributed by atoms with van der Waals surface area (Å²) in [5.74, 6) is -0.286. The molecule has 0 fully saturated rings. The summed E-state index contributed by atoms with van der Waals surface area (Å²) in [4.78, 5) is 27.5. The van der Waals surface area contributed by atoms with Crippen molar-refractivity contribution >= 4 is 17.6 Å². The van der Waals surface area contributed by atoms with Crippen LogP contribution in [-0.4, -0.2) is 35.1 Å². The Morgan fingerprint density at radius 2 is 1.96 bits per heavy atom. The fourth-order valence-corrected chi connectivity index (χ4v) is 1.80. The van der Waals surface area contributed by atoms with Gasteiger partial charge in [0.25, 0.3) is 5.91 Å². The number of rotatable bonds is 6. The van der Waals surface area contributed by atoms with Crippen LogP contribution < -0.4 is 15.4 Å². The van der Waals surface area contributed by atoms with Crippen molar-refractivity contribution in [2.24, 2.45) is 0 Å². The van der Waals surface area contributed by atoms with Crippen LogP contribution in [0, 0.1) is 0 Å². The molecule has 7 heteroatoms. The Morgan fingerprint density at radius 3 is 2.61 bits per heavy atom. The van der Waals surface area contributed by atoms with Gasteiger partial charge in [0.2, 0.25) is 5.91 Å². The van der Waals surface area contributed by atoms with Crippen LogP contribution >= 0.6 is 0 Å². The van der Waals surface area contributed by atoms with E-state index < -0.39 is 5.91 Å². The molecule has 2 aromatic rings. The molecule has 0 aliphatic carbocycles. The molecule has 0 unspecified atom stereocenters. The number of pyridine rings is 1. The number of nitrogens with zero attached hydrogens (tertiary/aromatic N) is 1. The fraction of sp³-hybridized carbons (Fsp3) is 0.188. The number of hydrogen-bond donors (Lipinski definition) is 3. The number of nitrogens with one attached hydrogen (secondary N) is 2. The first kappa shape index (κ1) is 16.3. The molecule has 0 saturated heterocycles. The summed E-state index contributed by atoms with van der Waals surface area (Å²) in [6.07, 6.45) is 1.44. The molecule has 1 aromatic heterocycles. The highest BCUT2D eigenvalue weighted by atomic mass is 16.5. The minimum Gasteiger partial charge on any atom is -0.504 e. The topological polar surface area (TPSA) is 101 Å². The lowest BCUT2D eigenvalue weighted by Gasteiger charge is -2.08. The molecule has 0 atom stereocenters. The average molecular weight is 315 g/mol. The standard InChI is InChI=1S/C16H17N3O4/c1-2-23-12-7-5-11(6-8-12)16(22)18-10-14(21)19-15-13(20)4-3-9-17-15/h3-9,20H,2,10H2,1H3,(H,18,22)(H,17,19,21). The molecule has 7 nitrogen and oxygen atoms in total. The second-order valence-corrected chi connectivity index (χ2v) is 4.56. The summed E-state index contributed by atoms with van der Waals surface area (Å²) < 4.78 is 5.29. The summed E-state index contributed by atoms with van der Waals surface area (Å²) in [5, 5.41) is 14.4. The minimum atomic E-state index is -0.488. The molecule has 0 spiro atoms. The van der Waals surface area contributed by atoms with E-state index in [4.69, 9.17) is 4.74 Å². The van der Waals surface area contributed by atoms with Crippen molar-refractivity contribution < 1.29 is 19.4 Å². The van der Waals surface area contributed by atoms with E-state index in [1.807, 2.05) is 6.92 Å². The van der Waals surface area contributed by atoms with Crippen molar-refractivity contribution in [3.63, 3.8) is 0 Å². The average Bonchev–Trinajstić information content (AvgIpc) is 2.56. The quantitative estimate of drug-likeness (QED) is 0.751. The normalized spacial score (nSPS) is 9.96. The molecule has 120 valence electrons. The Morgan fingerprint density at radius 1 is 1.22 bits per heavy atom. The van der Waals surface area contributed by atoms with E-state index in [1.165, 1.54) is 12.3 Å². The van der Waals surface area contributed by atoms with Crippen LogP contribution in [0.15, 0.2) is 42.6 Å². The van der Waals surface area contributed by atoms with Gasteiger partial charge in [0.15, 0.2) is 11.6 Å². The molecule has 0 bridgehead atoms. The Balaban J connectivity index is 1.86. The molecule has 3 N–H and O–H groups in total. The van der Waals surface area contributed by atoms with Crippen LogP contribution in [0.2, 0.25) is 0 Å². The molecule has 1 heterocycles. The zero-order chi connectivity index (χ0) is 16.7. The summed E-state index contributed by atoms with van der Waals surface area (Å²) in [6.45, 7) is 2.19. The van der Waals surface area contributed by atoms with Gasteiger partial charge < -0.3 is 20.5 Å². The van der Waals surface area contributed by atoms with Crippen LogP contribution in [0.3, 0.4) is 0 Å². The zero-order valence-electron chi connectivity index (χ0n) is 12.6. The number of anilines is 1. The van der Waals surface area contributed by atoms with Crippen molar-refractivity contribution in [3.8, 4) is 11.5 Å². The predicted octanol–water partition coefficient (Wildman–Crippen LogP) is 1.55. The highest BCUT2D eigenvalue weighted by Gasteiger charge is 2.10. The van der Waals surface area contributed by atoms with Gasteiger partial charge in [0.05, 0.1) is 13.2 Å². The lowest BCUT2D eigenvalue weighted by molar-refractivity contribution is -0.115. The summed E-state index contributed by atoms with van der Waals surface area (Å²) in [7, 11) is 0. The highest BCUT2D eigenvalue weighted by molar-refractivity contribution is 5.99. The van der Waals surface area contributed by atoms with Crippen LogP contribution in [0.1, 0.15) is 17.3 Å². The molecular formula is C16H17N3O4. The fourth-order valence-electron chi connectivity index (χ4n) is 1.80. The number of carbonyl (C=O) groups is 2. The smallest absolute Gasteiger partial charge is 0.251 e. The maximum atomic E-state index is 11.9. The van der Waals surface area contributed by atoms with Crippen molar-refractivity contribution in [2.45, 2.75) is 6.92 Å². The number of aromatic nitrogens is 1. The van der Waals surface area contributed by atoms with E-state index in [-0.39, 0.29) is 24.0 Å². The first-order valence-electron chi connectivity index (χ1n) is 7.05. The van der Waals surface area contributed by atoms with Gasteiger partial charge in [-0.2, -0.15) is 0 Å². The number of carbonyl (C=O) groups excluding carboxylic acids is 2. The van der Waals surface area contributed by atoms with Gasteiger partial charge in [0.1, 0.15) is 5.75 Å². The van der Waals surface area contributed by atoms with Gasteiger partial charge >= 0.3 is 0 Å². The van der Waals surface area contributed by atoms with Crippen LogP contribution in [0.25, 0.3) is 0 Å². The Bertz CT molecular complexity index is 686. The third kappa shape index (κ3) is 4.70. The minimum absolute atomic E-state index is 0.0489. The van der Waals surface area contributed by atoms with E-state index >= 15 is 0 Å². The van der Waals surface area contributed by atoms with E-state index in [0.717, 1.165) is 0 Å². The van der Waals surface area contributed by atoms with Crippen molar-refractivity contribution in [1.82, 2.24) is 10.3 Å². The van der Waals surface area contributed by atoms with Gasteiger partial charge in [-0.25, -0.2) is 4.98 Å². The molecule has 2 amide bonds. The number of hydrogen-bond acceptors (Lipinski definition) is 5. The monoisotopic (exact) mass is 315 g/mol. The van der Waals surface area contributed by atoms with E-state index in [2.05, 4.69) is 15.6 Å². The van der Waals surface area contributed by atoms with Gasteiger partial charge in [-0.05, 0) is 43.3 Å². The maximum Gasteiger partial charge on any atom is 0.251 e. The Labute approximate surface area is 133 Å². The van der Waals surface area contributed by atoms with Gasteiger partial charge in [-0.15, -0.1) is 0 Å². The van der Waals surface area contributed by atoms with Crippen LogP contribution in [0.4, 0.5) is 5.82 Å². The van der Waals surface area contributed by atoms with Crippen LogP contribution in [0.5, 0.6) is 11.5 Å². The second-order valence-electron chi connectivity index (χ2n) is 4.56.